The Morgan fingerprint density at radius 1 is 1.13 bits per heavy atom. The van der Waals surface area contributed by atoms with Gasteiger partial charge in [0.25, 0.3) is 0 Å². The van der Waals surface area contributed by atoms with E-state index in [1.165, 1.54) is 5.19 Å². The van der Waals surface area contributed by atoms with Crippen LogP contribution in [0.2, 0.25) is 18.6 Å². The van der Waals surface area contributed by atoms with Gasteiger partial charge in [-0.3, -0.25) is 0 Å². The molecule has 3 rings (SSSR count). The van der Waals surface area contributed by atoms with E-state index in [0.717, 1.165) is 19.3 Å². The number of benzene rings is 1. The first-order valence-corrected chi connectivity index (χ1v) is 12.0. The largest absolute Gasteiger partial charge is 0.396 e. The maximum absolute atomic E-state index is 11.4. The molecule has 4 atom stereocenters. The minimum atomic E-state index is -1.95. The highest BCUT2D eigenvalue weighted by molar-refractivity contribution is 6.91. The predicted octanol–water partition coefficient (Wildman–Crippen LogP) is 2.41. The fourth-order valence-corrected chi connectivity index (χ4v) is 9.71. The molecule has 2 saturated carbocycles. The highest BCUT2D eigenvalue weighted by Crippen LogP contribution is 2.61. The Bertz CT molecular complexity index is 547. The molecule has 2 aliphatic rings. The molecule has 0 aromatic heterocycles. The van der Waals surface area contributed by atoms with Crippen LogP contribution in [0.5, 0.6) is 0 Å². The second-order valence-corrected chi connectivity index (χ2v) is 13.0. The molecular formula is C19H30O3Si. The molecule has 128 valence electrons. The Balaban J connectivity index is 2.08. The smallest absolute Gasteiger partial charge is 0.0845 e. The first kappa shape index (κ1) is 17.2. The van der Waals surface area contributed by atoms with Gasteiger partial charge in [-0.05, 0) is 24.8 Å². The molecule has 4 heteroatoms. The summed E-state index contributed by atoms with van der Waals surface area (Å²) in [6.07, 6.45) is 4.31. The van der Waals surface area contributed by atoms with E-state index in [4.69, 9.17) is 0 Å². The first-order valence-electron chi connectivity index (χ1n) is 8.93. The average Bonchev–Trinajstić information content (AvgIpc) is 2.54. The summed E-state index contributed by atoms with van der Waals surface area (Å²) in [6, 6.07) is 10.5. The lowest BCUT2D eigenvalue weighted by Gasteiger charge is -2.61. The van der Waals surface area contributed by atoms with Crippen molar-refractivity contribution in [3.8, 4) is 0 Å². The van der Waals surface area contributed by atoms with Gasteiger partial charge in [-0.25, -0.2) is 0 Å². The van der Waals surface area contributed by atoms with Crippen LogP contribution in [-0.2, 0) is 0 Å². The summed E-state index contributed by atoms with van der Waals surface area (Å²) in [5.41, 5.74) is -1.17. The van der Waals surface area contributed by atoms with Crippen LogP contribution in [0.25, 0.3) is 0 Å². The number of hydrogen-bond donors (Lipinski definition) is 3. The zero-order valence-electron chi connectivity index (χ0n) is 14.3. The SMILES string of the molecule is C[Si](C)(c1ccccc1)[C@H]1C[C@H](O)C[C@]2(O)CCCC[C@]12CO. The fourth-order valence-electron chi connectivity index (χ4n) is 5.50. The van der Waals surface area contributed by atoms with Gasteiger partial charge in [0.15, 0.2) is 0 Å². The molecule has 0 saturated heterocycles. The molecule has 0 heterocycles. The van der Waals surface area contributed by atoms with Crippen LogP contribution in [0.4, 0.5) is 0 Å². The molecule has 3 N–H and O–H groups in total. The molecule has 1 aromatic rings. The molecule has 3 nitrogen and oxygen atoms in total. The van der Waals surface area contributed by atoms with Gasteiger partial charge in [-0.2, -0.15) is 0 Å². The van der Waals surface area contributed by atoms with Gasteiger partial charge in [-0.1, -0.05) is 61.5 Å². The highest BCUT2D eigenvalue weighted by Gasteiger charge is 2.62. The number of aliphatic hydroxyl groups excluding tert-OH is 2. The van der Waals surface area contributed by atoms with Crippen molar-refractivity contribution >= 4 is 13.3 Å². The Labute approximate surface area is 140 Å². The number of hydrogen-bond acceptors (Lipinski definition) is 3. The van der Waals surface area contributed by atoms with E-state index in [2.05, 4.69) is 37.4 Å². The maximum Gasteiger partial charge on any atom is 0.0845 e. The van der Waals surface area contributed by atoms with E-state index in [1.807, 2.05) is 6.07 Å². The van der Waals surface area contributed by atoms with E-state index in [1.54, 1.807) is 0 Å². The molecule has 2 fully saturated rings. The summed E-state index contributed by atoms with van der Waals surface area (Å²) < 4.78 is 0. The first-order chi connectivity index (χ1) is 10.9. The molecule has 0 radical (unpaired) electrons. The summed E-state index contributed by atoms with van der Waals surface area (Å²) in [7, 11) is -1.95. The Kier molecular flexibility index (Phi) is 4.47. The van der Waals surface area contributed by atoms with Gasteiger partial charge in [0.1, 0.15) is 0 Å². The lowest BCUT2D eigenvalue weighted by Crippen LogP contribution is -2.66. The van der Waals surface area contributed by atoms with Crippen LogP contribution in [0, 0.1) is 5.41 Å². The highest BCUT2D eigenvalue weighted by atomic mass is 28.3. The minimum absolute atomic E-state index is 0.0319. The standard InChI is InChI=1S/C19H30O3Si/c1-23(2,16-8-4-3-5-9-16)17-12-15(21)13-19(22)11-7-6-10-18(17,19)14-20/h3-5,8-9,15,17,20-22H,6-7,10-14H2,1-2H3/t15-,17-,18-,19+/m0/s1. The number of aliphatic hydroxyl groups is 3. The normalized spacial score (nSPS) is 38.1. The zero-order chi connectivity index (χ0) is 16.7. The molecular weight excluding hydrogens is 304 g/mol. The third kappa shape index (κ3) is 2.60. The second kappa shape index (κ2) is 5.99. The molecule has 0 bridgehead atoms. The summed E-state index contributed by atoms with van der Waals surface area (Å²) in [4.78, 5) is 0. The maximum atomic E-state index is 11.4. The van der Waals surface area contributed by atoms with Crippen LogP contribution >= 0.6 is 0 Å². The van der Waals surface area contributed by atoms with Crippen LogP contribution in [0.15, 0.2) is 30.3 Å². The van der Waals surface area contributed by atoms with Crippen molar-refractivity contribution in [3.63, 3.8) is 0 Å². The second-order valence-electron chi connectivity index (χ2n) is 8.29. The van der Waals surface area contributed by atoms with E-state index in [9.17, 15) is 15.3 Å². The lowest BCUT2D eigenvalue weighted by atomic mass is 9.56. The molecule has 2 aliphatic carbocycles. The summed E-state index contributed by atoms with van der Waals surface area (Å²) in [5, 5.41) is 33.6. The Hall–Kier alpha value is -0.683. The molecule has 1 aromatic carbocycles. The number of fused-ring (bicyclic) bond motifs is 1. The van der Waals surface area contributed by atoms with E-state index in [0.29, 0.717) is 19.3 Å². The van der Waals surface area contributed by atoms with E-state index >= 15 is 0 Å². The number of rotatable bonds is 3. The van der Waals surface area contributed by atoms with Gasteiger partial charge in [0.05, 0.1) is 26.4 Å². The van der Waals surface area contributed by atoms with E-state index in [-0.39, 0.29) is 12.1 Å². The monoisotopic (exact) mass is 334 g/mol. The average molecular weight is 335 g/mol. The van der Waals surface area contributed by atoms with Gasteiger partial charge < -0.3 is 15.3 Å². The van der Waals surface area contributed by atoms with Crippen molar-refractivity contribution < 1.29 is 15.3 Å². The van der Waals surface area contributed by atoms with Crippen LogP contribution < -0.4 is 5.19 Å². The van der Waals surface area contributed by atoms with Crippen molar-refractivity contribution in [2.24, 2.45) is 5.41 Å². The molecule has 0 aliphatic heterocycles. The molecule has 0 spiro atoms. The van der Waals surface area contributed by atoms with E-state index < -0.39 is 25.2 Å². The van der Waals surface area contributed by atoms with Crippen LogP contribution in [-0.4, -0.2) is 41.7 Å². The van der Waals surface area contributed by atoms with Crippen molar-refractivity contribution in [2.75, 3.05) is 6.61 Å². The molecule has 23 heavy (non-hydrogen) atoms. The molecule has 0 unspecified atom stereocenters. The minimum Gasteiger partial charge on any atom is -0.396 e. The van der Waals surface area contributed by atoms with Crippen molar-refractivity contribution in [2.45, 2.75) is 68.9 Å². The zero-order valence-corrected chi connectivity index (χ0v) is 15.3. The van der Waals surface area contributed by atoms with Crippen molar-refractivity contribution in [1.82, 2.24) is 0 Å². The van der Waals surface area contributed by atoms with Gasteiger partial charge in [0, 0.05) is 11.8 Å². The van der Waals surface area contributed by atoms with Crippen LogP contribution in [0.1, 0.15) is 38.5 Å². The van der Waals surface area contributed by atoms with Crippen molar-refractivity contribution in [3.05, 3.63) is 30.3 Å². The topological polar surface area (TPSA) is 60.7 Å². The summed E-state index contributed by atoms with van der Waals surface area (Å²) in [6.45, 7) is 4.69. The third-order valence-electron chi connectivity index (χ3n) is 6.81. The van der Waals surface area contributed by atoms with Crippen molar-refractivity contribution in [1.29, 1.82) is 0 Å². The fraction of sp³-hybridized carbons (Fsp3) is 0.684. The van der Waals surface area contributed by atoms with Gasteiger partial charge in [0.2, 0.25) is 0 Å². The lowest BCUT2D eigenvalue weighted by molar-refractivity contribution is -0.183. The predicted molar refractivity (Wildman–Crippen MR) is 95.5 cm³/mol. The third-order valence-corrected chi connectivity index (χ3v) is 11.2. The molecule has 0 amide bonds. The van der Waals surface area contributed by atoms with Gasteiger partial charge in [-0.15, -0.1) is 0 Å². The Morgan fingerprint density at radius 3 is 2.43 bits per heavy atom. The van der Waals surface area contributed by atoms with Gasteiger partial charge >= 0.3 is 0 Å². The summed E-state index contributed by atoms with van der Waals surface area (Å²) in [5.74, 6) is 0. The summed E-state index contributed by atoms with van der Waals surface area (Å²) >= 11 is 0. The quantitative estimate of drug-likeness (QED) is 0.744. The Morgan fingerprint density at radius 2 is 1.78 bits per heavy atom. The van der Waals surface area contributed by atoms with Crippen LogP contribution in [0.3, 0.4) is 0 Å².